The first kappa shape index (κ1) is 19.9. The second-order valence-corrected chi connectivity index (χ2v) is 8.79. The summed E-state index contributed by atoms with van der Waals surface area (Å²) in [7, 11) is 0. The molecule has 2 heterocycles. The van der Waals surface area contributed by atoms with E-state index in [1.165, 1.54) is 24.1 Å². The normalized spacial score (nSPS) is 21.6. The topological polar surface area (TPSA) is 61.5 Å². The van der Waals surface area contributed by atoms with Gasteiger partial charge in [0.25, 0.3) is 0 Å². The molecule has 3 aromatic rings. The lowest BCUT2D eigenvalue weighted by Gasteiger charge is -2.56. The number of nitrogens with zero attached hydrogens (tertiary/aromatic N) is 4. The van der Waals surface area contributed by atoms with Crippen molar-refractivity contribution in [1.82, 2.24) is 19.6 Å². The maximum atomic E-state index is 12.4. The van der Waals surface area contributed by atoms with E-state index in [-0.39, 0.29) is 5.75 Å². The Kier molecular flexibility index (Phi) is 4.87. The summed E-state index contributed by atoms with van der Waals surface area (Å²) in [6, 6.07) is 6.29. The number of hydrogen-bond donors (Lipinski definition) is 0. The number of benzene rings is 1. The van der Waals surface area contributed by atoms with Crippen molar-refractivity contribution in [2.45, 2.75) is 39.7 Å². The van der Waals surface area contributed by atoms with Gasteiger partial charge in [0.05, 0.1) is 19.0 Å². The smallest absolute Gasteiger partial charge is 0.387 e. The van der Waals surface area contributed by atoms with Crippen molar-refractivity contribution in [3.8, 4) is 23.0 Å². The summed E-state index contributed by atoms with van der Waals surface area (Å²) < 4.78 is 37.1. The molecule has 1 aromatic carbocycles. The summed E-state index contributed by atoms with van der Waals surface area (Å²) in [6.45, 7) is 2.42. The molecule has 2 aromatic heterocycles. The van der Waals surface area contributed by atoms with Crippen molar-refractivity contribution >= 4 is 5.65 Å². The van der Waals surface area contributed by atoms with Gasteiger partial charge in [-0.25, -0.2) is 4.40 Å². The number of hydrogen-bond acceptors (Lipinski definition) is 5. The average Bonchev–Trinajstić information content (AvgIpc) is 3.19. The molecule has 1 saturated carbocycles. The average molecular weight is 426 g/mol. The Morgan fingerprint density at radius 2 is 1.97 bits per heavy atom. The van der Waals surface area contributed by atoms with Crippen molar-refractivity contribution in [3.63, 3.8) is 0 Å². The van der Waals surface area contributed by atoms with Gasteiger partial charge < -0.3 is 9.47 Å². The van der Waals surface area contributed by atoms with E-state index >= 15 is 0 Å². The quantitative estimate of drug-likeness (QED) is 0.489. The zero-order valence-corrected chi connectivity index (χ0v) is 17.5. The number of ether oxygens (including phenoxy) is 2. The molecule has 0 N–H and O–H groups in total. The first-order valence-electron chi connectivity index (χ1n) is 10.5. The minimum Gasteiger partial charge on any atom is -0.477 e. The molecule has 2 unspecified atom stereocenters. The number of fused-ring (bicyclic) bond motifs is 2. The highest BCUT2D eigenvalue weighted by molar-refractivity contribution is 5.61. The predicted octanol–water partition coefficient (Wildman–Crippen LogP) is 5.15. The molecule has 0 radical (unpaired) electrons. The van der Waals surface area contributed by atoms with Gasteiger partial charge >= 0.3 is 6.61 Å². The molecule has 1 fully saturated rings. The molecule has 8 heteroatoms. The lowest BCUT2D eigenvalue weighted by Crippen LogP contribution is -2.48. The van der Waals surface area contributed by atoms with Crippen LogP contribution >= 0.6 is 0 Å². The summed E-state index contributed by atoms with van der Waals surface area (Å²) in [5, 5.41) is 8.41. The summed E-state index contributed by atoms with van der Waals surface area (Å²) in [6.07, 6.45) is 8.98. The van der Waals surface area contributed by atoms with Crippen LogP contribution in [-0.2, 0) is 0 Å². The van der Waals surface area contributed by atoms with Crippen molar-refractivity contribution < 1.29 is 18.3 Å². The molecule has 31 heavy (non-hydrogen) atoms. The fraction of sp³-hybridized carbons (Fsp3) is 0.435. The number of aromatic nitrogens is 4. The second-order valence-electron chi connectivity index (χ2n) is 8.79. The molecular formula is C23H24F2N4O2. The summed E-state index contributed by atoms with van der Waals surface area (Å²) >= 11 is 0. The van der Waals surface area contributed by atoms with Crippen LogP contribution in [0.15, 0.2) is 48.3 Å². The molecule has 3 aliphatic rings. The predicted molar refractivity (Wildman–Crippen MR) is 111 cm³/mol. The maximum Gasteiger partial charge on any atom is 0.387 e. The Morgan fingerprint density at radius 1 is 1.16 bits per heavy atom. The fourth-order valence-corrected chi connectivity index (χ4v) is 4.93. The summed E-state index contributed by atoms with van der Waals surface area (Å²) in [5.41, 5.74) is 3.15. The van der Waals surface area contributed by atoms with E-state index < -0.39 is 6.61 Å². The minimum absolute atomic E-state index is 0.0904. The maximum absolute atomic E-state index is 12.4. The zero-order chi connectivity index (χ0) is 21.6. The number of halogens is 2. The van der Waals surface area contributed by atoms with Crippen LogP contribution in [0.5, 0.6) is 11.6 Å². The largest absolute Gasteiger partial charge is 0.477 e. The Hall–Kier alpha value is -3.03. The Bertz CT molecular complexity index is 1120. The number of rotatable bonds is 7. The van der Waals surface area contributed by atoms with Crippen LogP contribution in [0.3, 0.4) is 0 Å². The third-order valence-corrected chi connectivity index (χ3v) is 6.84. The lowest BCUT2D eigenvalue weighted by molar-refractivity contribution is -0.0498. The molecular weight excluding hydrogens is 402 g/mol. The van der Waals surface area contributed by atoms with Gasteiger partial charge in [0, 0.05) is 12.0 Å². The van der Waals surface area contributed by atoms with Gasteiger partial charge in [-0.3, -0.25) is 4.98 Å². The van der Waals surface area contributed by atoms with Gasteiger partial charge in [0.15, 0.2) is 11.5 Å². The molecule has 0 spiro atoms. The van der Waals surface area contributed by atoms with Gasteiger partial charge in [-0.15, -0.1) is 10.2 Å². The van der Waals surface area contributed by atoms with Gasteiger partial charge in [-0.2, -0.15) is 8.78 Å². The van der Waals surface area contributed by atoms with Gasteiger partial charge in [-0.05, 0) is 54.4 Å². The van der Waals surface area contributed by atoms with E-state index in [4.69, 9.17) is 4.74 Å². The summed E-state index contributed by atoms with van der Waals surface area (Å²) in [4.78, 5) is 4.21. The fourth-order valence-electron chi connectivity index (χ4n) is 4.93. The van der Waals surface area contributed by atoms with Gasteiger partial charge in [-0.1, -0.05) is 25.5 Å². The molecule has 0 saturated heterocycles. The zero-order valence-electron chi connectivity index (χ0n) is 17.5. The molecule has 0 amide bonds. The van der Waals surface area contributed by atoms with Crippen molar-refractivity contribution in [2.24, 2.45) is 17.3 Å². The highest BCUT2D eigenvalue weighted by Gasteiger charge is 2.50. The Balaban J connectivity index is 1.34. The van der Waals surface area contributed by atoms with Crippen molar-refractivity contribution in [2.75, 3.05) is 6.61 Å². The molecule has 6 rings (SSSR count). The van der Waals surface area contributed by atoms with E-state index in [0.29, 0.717) is 40.9 Å². The van der Waals surface area contributed by atoms with Crippen LogP contribution < -0.4 is 9.47 Å². The van der Waals surface area contributed by atoms with E-state index in [9.17, 15) is 8.78 Å². The molecule has 2 bridgehead atoms. The Morgan fingerprint density at radius 3 is 2.68 bits per heavy atom. The highest BCUT2D eigenvalue weighted by atomic mass is 19.3. The van der Waals surface area contributed by atoms with Crippen LogP contribution in [0.1, 0.15) is 33.1 Å². The SMILES string of the molecule is CC1(C)C2CC=C(CCOc3cncc4nnc(-c5ccc(OC(F)F)cc5)n34)C1C2. The highest BCUT2D eigenvalue weighted by Crippen LogP contribution is 2.59. The molecule has 0 aliphatic heterocycles. The van der Waals surface area contributed by atoms with Crippen LogP contribution in [-0.4, -0.2) is 32.8 Å². The van der Waals surface area contributed by atoms with Crippen LogP contribution in [0.4, 0.5) is 8.78 Å². The second kappa shape index (κ2) is 7.59. The van der Waals surface area contributed by atoms with Crippen LogP contribution in [0, 0.1) is 17.3 Å². The standard InChI is InChI=1S/C23H24F2N4O2/c1-23(2)16-6-3-14(18(23)11-16)9-10-30-20-13-26-12-19-27-28-21(29(19)20)15-4-7-17(8-5-15)31-22(24)25/h3-5,7-8,12-13,16,18,22H,6,9-11H2,1-2H3. The van der Waals surface area contributed by atoms with E-state index in [0.717, 1.165) is 18.8 Å². The van der Waals surface area contributed by atoms with E-state index in [1.807, 2.05) is 0 Å². The lowest BCUT2D eigenvalue weighted by atomic mass is 9.48. The first-order chi connectivity index (χ1) is 14.9. The van der Waals surface area contributed by atoms with Crippen LogP contribution in [0.25, 0.3) is 17.0 Å². The molecule has 6 nitrogen and oxygen atoms in total. The van der Waals surface area contributed by atoms with Gasteiger partial charge in [0.1, 0.15) is 5.75 Å². The summed E-state index contributed by atoms with van der Waals surface area (Å²) in [5.74, 6) is 2.66. The molecule has 2 atom stereocenters. The minimum atomic E-state index is -2.86. The molecule has 162 valence electrons. The third-order valence-electron chi connectivity index (χ3n) is 6.84. The molecule has 3 aliphatic carbocycles. The van der Waals surface area contributed by atoms with E-state index in [1.54, 1.807) is 28.9 Å². The first-order valence-corrected chi connectivity index (χ1v) is 10.5. The number of allylic oxidation sites excluding steroid dienone is 1. The van der Waals surface area contributed by atoms with Crippen LogP contribution in [0.2, 0.25) is 0 Å². The van der Waals surface area contributed by atoms with E-state index in [2.05, 4.69) is 39.8 Å². The number of alkyl halides is 2. The van der Waals surface area contributed by atoms with Gasteiger partial charge in [0.2, 0.25) is 5.88 Å². The Labute approximate surface area is 178 Å². The van der Waals surface area contributed by atoms with Crippen molar-refractivity contribution in [3.05, 3.63) is 48.3 Å². The van der Waals surface area contributed by atoms with Crippen molar-refractivity contribution in [1.29, 1.82) is 0 Å². The third kappa shape index (κ3) is 3.54. The monoisotopic (exact) mass is 426 g/mol.